The predicted octanol–water partition coefficient (Wildman–Crippen LogP) is 3.08. The summed E-state index contributed by atoms with van der Waals surface area (Å²) in [5.74, 6) is -0.721. The number of carbonyl (C=O) groups is 1. The number of rotatable bonds is 6. The lowest BCUT2D eigenvalue weighted by atomic mass is 10.0. The van der Waals surface area contributed by atoms with Gasteiger partial charge >= 0.3 is 5.97 Å². The average molecular weight is 261 g/mol. The van der Waals surface area contributed by atoms with E-state index in [2.05, 4.69) is 30.0 Å². The minimum absolute atomic E-state index is 0.155. The van der Waals surface area contributed by atoms with E-state index >= 15 is 0 Å². The first-order valence-electron chi connectivity index (χ1n) is 7.23. The van der Waals surface area contributed by atoms with E-state index in [1.54, 1.807) is 0 Å². The number of aliphatic carboxylic acids is 1. The van der Waals surface area contributed by atoms with Gasteiger partial charge in [0.15, 0.2) is 0 Å². The third kappa shape index (κ3) is 3.80. The van der Waals surface area contributed by atoms with Crippen LogP contribution in [0.5, 0.6) is 0 Å². The molecule has 19 heavy (non-hydrogen) atoms. The molecule has 1 aliphatic carbocycles. The molecular weight excluding hydrogens is 238 g/mol. The van der Waals surface area contributed by atoms with E-state index in [-0.39, 0.29) is 6.54 Å². The number of benzene rings is 1. The van der Waals surface area contributed by atoms with E-state index in [1.165, 1.54) is 24.0 Å². The molecule has 1 fully saturated rings. The normalized spacial score (nSPS) is 16.1. The standard InChI is InChI=1S/C16H23NO2/c1-2-13-7-3-4-8-14(13)11-17(12-16(18)19)15-9-5-6-10-15/h3-4,7-8,15H,2,5-6,9-12H2,1H3,(H,18,19). The van der Waals surface area contributed by atoms with Crippen LogP contribution in [-0.2, 0) is 17.8 Å². The second-order valence-electron chi connectivity index (χ2n) is 5.36. The van der Waals surface area contributed by atoms with Gasteiger partial charge in [0.05, 0.1) is 6.54 Å². The van der Waals surface area contributed by atoms with Crippen molar-refractivity contribution in [2.24, 2.45) is 0 Å². The van der Waals surface area contributed by atoms with Gasteiger partial charge in [-0.1, -0.05) is 44.0 Å². The van der Waals surface area contributed by atoms with E-state index in [0.29, 0.717) is 6.04 Å². The highest BCUT2D eigenvalue weighted by Gasteiger charge is 2.24. The van der Waals surface area contributed by atoms with Gasteiger partial charge in [0.1, 0.15) is 0 Å². The van der Waals surface area contributed by atoms with Crippen LogP contribution in [0.25, 0.3) is 0 Å². The molecule has 0 unspecified atom stereocenters. The molecule has 0 spiro atoms. The molecule has 0 heterocycles. The smallest absolute Gasteiger partial charge is 0.317 e. The molecule has 1 aromatic rings. The highest BCUT2D eigenvalue weighted by molar-refractivity contribution is 5.69. The van der Waals surface area contributed by atoms with Crippen LogP contribution in [0.3, 0.4) is 0 Å². The Balaban J connectivity index is 2.12. The average Bonchev–Trinajstić information content (AvgIpc) is 2.92. The minimum atomic E-state index is -0.721. The third-order valence-corrected chi connectivity index (χ3v) is 4.05. The molecule has 2 rings (SSSR count). The lowest BCUT2D eigenvalue weighted by molar-refractivity contribution is -0.139. The van der Waals surface area contributed by atoms with E-state index in [0.717, 1.165) is 25.8 Å². The van der Waals surface area contributed by atoms with Crippen LogP contribution in [0.1, 0.15) is 43.7 Å². The van der Waals surface area contributed by atoms with Crippen molar-refractivity contribution in [2.45, 2.75) is 51.6 Å². The molecular formula is C16H23NO2. The molecule has 1 aromatic carbocycles. The first kappa shape index (κ1) is 14.1. The summed E-state index contributed by atoms with van der Waals surface area (Å²) in [6.45, 7) is 3.07. The van der Waals surface area contributed by atoms with E-state index in [1.807, 2.05) is 6.07 Å². The maximum atomic E-state index is 11.1. The van der Waals surface area contributed by atoms with Gasteiger partial charge in [-0.15, -0.1) is 0 Å². The SMILES string of the molecule is CCc1ccccc1CN(CC(=O)O)C1CCCC1. The summed E-state index contributed by atoms with van der Waals surface area (Å²) in [6, 6.07) is 8.81. The van der Waals surface area contributed by atoms with Crippen LogP contribution >= 0.6 is 0 Å². The van der Waals surface area contributed by atoms with E-state index in [9.17, 15) is 4.79 Å². The molecule has 1 saturated carbocycles. The lowest BCUT2D eigenvalue weighted by Gasteiger charge is -2.28. The Kier molecular flexibility index (Phi) is 4.97. The molecule has 0 amide bonds. The summed E-state index contributed by atoms with van der Waals surface area (Å²) in [5, 5.41) is 9.11. The Bertz CT molecular complexity index is 425. The van der Waals surface area contributed by atoms with Gasteiger partial charge in [0.25, 0.3) is 0 Å². The predicted molar refractivity (Wildman–Crippen MR) is 76.1 cm³/mol. The van der Waals surface area contributed by atoms with Gasteiger partial charge in [0, 0.05) is 12.6 Å². The van der Waals surface area contributed by atoms with Crippen molar-refractivity contribution in [3.05, 3.63) is 35.4 Å². The van der Waals surface area contributed by atoms with Gasteiger partial charge in [-0.2, -0.15) is 0 Å². The fraction of sp³-hybridized carbons (Fsp3) is 0.562. The van der Waals surface area contributed by atoms with Gasteiger partial charge in [-0.3, -0.25) is 9.69 Å². The third-order valence-electron chi connectivity index (χ3n) is 4.05. The van der Waals surface area contributed by atoms with Gasteiger partial charge < -0.3 is 5.11 Å². The van der Waals surface area contributed by atoms with Crippen molar-refractivity contribution in [1.82, 2.24) is 4.90 Å². The molecule has 0 radical (unpaired) electrons. The summed E-state index contributed by atoms with van der Waals surface area (Å²) < 4.78 is 0. The highest BCUT2D eigenvalue weighted by atomic mass is 16.4. The van der Waals surface area contributed by atoms with Crippen molar-refractivity contribution >= 4 is 5.97 Å². The first-order valence-corrected chi connectivity index (χ1v) is 7.23. The van der Waals surface area contributed by atoms with Crippen LogP contribution in [-0.4, -0.2) is 28.6 Å². The number of hydrogen-bond acceptors (Lipinski definition) is 2. The van der Waals surface area contributed by atoms with E-state index < -0.39 is 5.97 Å². The molecule has 0 saturated heterocycles. The topological polar surface area (TPSA) is 40.5 Å². The van der Waals surface area contributed by atoms with Crippen LogP contribution in [0.4, 0.5) is 0 Å². The number of carboxylic acids is 1. The fourth-order valence-electron chi connectivity index (χ4n) is 3.03. The first-order chi connectivity index (χ1) is 9.20. The molecule has 3 nitrogen and oxygen atoms in total. The van der Waals surface area contributed by atoms with Crippen LogP contribution in [0.15, 0.2) is 24.3 Å². The number of carboxylic acid groups (broad SMARTS) is 1. The minimum Gasteiger partial charge on any atom is -0.480 e. The Hall–Kier alpha value is -1.35. The summed E-state index contributed by atoms with van der Waals surface area (Å²) in [6.07, 6.45) is 5.75. The quantitative estimate of drug-likeness (QED) is 0.855. The van der Waals surface area contributed by atoms with Crippen molar-refractivity contribution in [1.29, 1.82) is 0 Å². The van der Waals surface area contributed by atoms with E-state index in [4.69, 9.17) is 5.11 Å². The number of hydrogen-bond donors (Lipinski definition) is 1. The molecule has 0 aliphatic heterocycles. The zero-order valence-electron chi connectivity index (χ0n) is 11.6. The lowest BCUT2D eigenvalue weighted by Crippen LogP contribution is -2.37. The molecule has 3 heteroatoms. The van der Waals surface area contributed by atoms with Crippen molar-refractivity contribution < 1.29 is 9.90 Å². The van der Waals surface area contributed by atoms with Gasteiger partial charge in [-0.25, -0.2) is 0 Å². The molecule has 0 bridgehead atoms. The molecule has 0 atom stereocenters. The maximum absolute atomic E-state index is 11.1. The Morgan fingerprint density at radius 2 is 1.89 bits per heavy atom. The summed E-state index contributed by atoms with van der Waals surface area (Å²) >= 11 is 0. The molecule has 1 aliphatic rings. The Morgan fingerprint density at radius 1 is 1.26 bits per heavy atom. The van der Waals surface area contributed by atoms with Crippen molar-refractivity contribution in [3.63, 3.8) is 0 Å². The van der Waals surface area contributed by atoms with Crippen LogP contribution < -0.4 is 0 Å². The van der Waals surface area contributed by atoms with Crippen LogP contribution in [0.2, 0.25) is 0 Å². The number of aryl methyl sites for hydroxylation is 1. The fourth-order valence-corrected chi connectivity index (χ4v) is 3.03. The summed E-state index contributed by atoms with van der Waals surface area (Å²) in [5.41, 5.74) is 2.61. The second-order valence-corrected chi connectivity index (χ2v) is 5.36. The van der Waals surface area contributed by atoms with Gasteiger partial charge in [0.2, 0.25) is 0 Å². The second kappa shape index (κ2) is 6.71. The highest BCUT2D eigenvalue weighted by Crippen LogP contribution is 2.25. The Morgan fingerprint density at radius 3 is 2.47 bits per heavy atom. The molecule has 104 valence electrons. The maximum Gasteiger partial charge on any atom is 0.317 e. The monoisotopic (exact) mass is 261 g/mol. The van der Waals surface area contributed by atoms with Crippen molar-refractivity contribution in [3.8, 4) is 0 Å². The molecule has 0 aromatic heterocycles. The number of nitrogens with zero attached hydrogens (tertiary/aromatic N) is 1. The zero-order valence-corrected chi connectivity index (χ0v) is 11.6. The van der Waals surface area contributed by atoms with Crippen molar-refractivity contribution in [2.75, 3.05) is 6.54 Å². The van der Waals surface area contributed by atoms with Crippen LogP contribution in [0, 0.1) is 0 Å². The summed E-state index contributed by atoms with van der Waals surface area (Å²) in [4.78, 5) is 13.2. The molecule has 1 N–H and O–H groups in total. The largest absolute Gasteiger partial charge is 0.480 e. The Labute approximate surface area is 115 Å². The van der Waals surface area contributed by atoms with Gasteiger partial charge in [-0.05, 0) is 30.4 Å². The summed E-state index contributed by atoms with van der Waals surface area (Å²) in [7, 11) is 0. The zero-order chi connectivity index (χ0) is 13.7.